The fraction of sp³-hybridized carbons (Fsp3) is 0.100. The van der Waals surface area contributed by atoms with Crippen LogP contribution in [0.15, 0.2) is 73.1 Å². The number of imidazole rings is 1. The van der Waals surface area contributed by atoms with E-state index in [4.69, 9.17) is 4.74 Å². The van der Waals surface area contributed by atoms with Crippen LogP contribution in [0.5, 0.6) is 5.88 Å². The molecule has 2 aromatic carbocycles. The normalized spacial score (nSPS) is 10.9. The number of nitrogens with zero attached hydrogens (tertiary/aromatic N) is 3. The summed E-state index contributed by atoms with van der Waals surface area (Å²) < 4.78 is 7.84. The predicted octanol–water partition coefficient (Wildman–Crippen LogP) is 4.31. The van der Waals surface area contributed by atoms with Crippen LogP contribution in [0.2, 0.25) is 0 Å². The molecule has 0 aliphatic heterocycles. The molecule has 0 N–H and O–H groups in total. The molecular formula is C20H17N3O. The summed E-state index contributed by atoms with van der Waals surface area (Å²) >= 11 is 0. The number of rotatable bonds is 4. The van der Waals surface area contributed by atoms with Crippen LogP contribution in [0.1, 0.15) is 11.1 Å². The van der Waals surface area contributed by atoms with Gasteiger partial charge in [0.1, 0.15) is 18.5 Å². The summed E-state index contributed by atoms with van der Waals surface area (Å²) in [5.41, 5.74) is 5.02. The van der Waals surface area contributed by atoms with Crippen molar-refractivity contribution in [2.45, 2.75) is 13.5 Å². The number of ether oxygens (including phenoxy) is 1. The molecule has 2 heterocycles. The first-order valence-electron chi connectivity index (χ1n) is 7.88. The number of pyridine rings is 1. The average Bonchev–Trinajstić information content (AvgIpc) is 3.04. The van der Waals surface area contributed by atoms with E-state index in [2.05, 4.69) is 29.0 Å². The lowest BCUT2D eigenvalue weighted by atomic mass is 10.2. The predicted molar refractivity (Wildman–Crippen MR) is 94.4 cm³/mol. The number of benzene rings is 2. The van der Waals surface area contributed by atoms with Crippen molar-refractivity contribution in [3.63, 3.8) is 0 Å². The van der Waals surface area contributed by atoms with E-state index in [1.54, 1.807) is 6.33 Å². The van der Waals surface area contributed by atoms with Gasteiger partial charge in [-0.2, -0.15) is 4.98 Å². The molecule has 0 amide bonds. The summed E-state index contributed by atoms with van der Waals surface area (Å²) in [6.45, 7) is 2.58. The topological polar surface area (TPSA) is 39.9 Å². The monoisotopic (exact) mass is 315 g/mol. The number of aryl methyl sites for hydroxylation is 1. The Hall–Kier alpha value is -3.14. The second-order valence-corrected chi connectivity index (χ2v) is 5.67. The van der Waals surface area contributed by atoms with E-state index in [0.29, 0.717) is 12.5 Å². The highest BCUT2D eigenvalue weighted by Gasteiger charge is 2.09. The van der Waals surface area contributed by atoms with Gasteiger partial charge in [0.15, 0.2) is 5.65 Å². The Labute approximate surface area is 140 Å². The Morgan fingerprint density at radius 1 is 0.917 bits per heavy atom. The third kappa shape index (κ3) is 2.74. The minimum absolute atomic E-state index is 0.498. The van der Waals surface area contributed by atoms with Crippen molar-refractivity contribution in [3.05, 3.63) is 84.2 Å². The number of hydrogen-bond acceptors (Lipinski definition) is 3. The SMILES string of the molecule is Cc1ccccc1-n1cnc2ccc(OCc3ccccc3)nc21. The maximum Gasteiger partial charge on any atom is 0.215 e. The summed E-state index contributed by atoms with van der Waals surface area (Å²) in [7, 11) is 0. The lowest BCUT2D eigenvalue weighted by Gasteiger charge is -2.09. The number of hydrogen-bond donors (Lipinski definition) is 0. The Morgan fingerprint density at radius 2 is 1.71 bits per heavy atom. The van der Waals surface area contributed by atoms with Crippen molar-refractivity contribution in [3.8, 4) is 11.6 Å². The zero-order chi connectivity index (χ0) is 16.4. The summed E-state index contributed by atoms with van der Waals surface area (Å²) in [6, 6.07) is 22.1. The van der Waals surface area contributed by atoms with E-state index in [1.165, 1.54) is 5.56 Å². The van der Waals surface area contributed by atoms with Crippen LogP contribution in [-0.2, 0) is 6.61 Å². The van der Waals surface area contributed by atoms with Crippen molar-refractivity contribution >= 4 is 11.2 Å². The van der Waals surface area contributed by atoms with E-state index in [-0.39, 0.29) is 0 Å². The highest BCUT2D eigenvalue weighted by molar-refractivity contribution is 5.74. The Balaban J connectivity index is 1.67. The van der Waals surface area contributed by atoms with Gasteiger partial charge in [-0.1, -0.05) is 48.5 Å². The lowest BCUT2D eigenvalue weighted by molar-refractivity contribution is 0.295. The van der Waals surface area contributed by atoms with Gasteiger partial charge in [-0.25, -0.2) is 4.98 Å². The van der Waals surface area contributed by atoms with E-state index in [9.17, 15) is 0 Å². The summed E-state index contributed by atoms with van der Waals surface area (Å²) in [6.07, 6.45) is 1.81. The van der Waals surface area contributed by atoms with Crippen molar-refractivity contribution < 1.29 is 4.74 Å². The van der Waals surface area contributed by atoms with Gasteiger partial charge in [-0.3, -0.25) is 4.57 Å². The molecule has 0 radical (unpaired) electrons. The fourth-order valence-corrected chi connectivity index (χ4v) is 2.70. The minimum atomic E-state index is 0.498. The Bertz CT molecular complexity index is 977. The minimum Gasteiger partial charge on any atom is -0.473 e. The lowest BCUT2D eigenvalue weighted by Crippen LogP contribution is -2.00. The van der Waals surface area contributed by atoms with Crippen molar-refractivity contribution in [2.75, 3.05) is 0 Å². The van der Waals surface area contributed by atoms with Crippen LogP contribution in [0.3, 0.4) is 0 Å². The van der Waals surface area contributed by atoms with Crippen molar-refractivity contribution in [1.29, 1.82) is 0 Å². The average molecular weight is 315 g/mol. The molecule has 4 aromatic rings. The molecule has 0 spiro atoms. The van der Waals surface area contributed by atoms with Crippen molar-refractivity contribution in [2.24, 2.45) is 0 Å². The van der Waals surface area contributed by atoms with Gasteiger partial charge in [-0.05, 0) is 30.2 Å². The third-order valence-corrected chi connectivity index (χ3v) is 3.97. The van der Waals surface area contributed by atoms with Crippen LogP contribution in [0.4, 0.5) is 0 Å². The first kappa shape index (κ1) is 14.5. The second kappa shape index (κ2) is 6.16. The quantitative estimate of drug-likeness (QED) is 0.563. The van der Waals surface area contributed by atoms with Gasteiger partial charge < -0.3 is 4.74 Å². The van der Waals surface area contributed by atoms with Crippen LogP contribution in [-0.4, -0.2) is 14.5 Å². The summed E-state index contributed by atoms with van der Waals surface area (Å²) in [5.74, 6) is 0.599. The van der Waals surface area contributed by atoms with Gasteiger partial charge in [0.2, 0.25) is 5.88 Å². The molecule has 0 atom stereocenters. The molecule has 0 aliphatic rings. The van der Waals surface area contributed by atoms with Crippen LogP contribution in [0.25, 0.3) is 16.9 Å². The fourth-order valence-electron chi connectivity index (χ4n) is 2.70. The van der Waals surface area contributed by atoms with Gasteiger partial charge in [-0.15, -0.1) is 0 Å². The van der Waals surface area contributed by atoms with E-state index in [0.717, 1.165) is 22.4 Å². The van der Waals surface area contributed by atoms with E-state index >= 15 is 0 Å². The molecule has 4 nitrogen and oxygen atoms in total. The van der Waals surface area contributed by atoms with Gasteiger partial charge in [0.25, 0.3) is 0 Å². The smallest absolute Gasteiger partial charge is 0.215 e. The molecule has 0 unspecified atom stereocenters. The molecule has 0 saturated heterocycles. The van der Waals surface area contributed by atoms with Crippen LogP contribution >= 0.6 is 0 Å². The largest absolute Gasteiger partial charge is 0.473 e. The first-order chi connectivity index (χ1) is 11.8. The molecule has 0 aliphatic carbocycles. The Morgan fingerprint density at radius 3 is 2.54 bits per heavy atom. The molecule has 4 rings (SSSR count). The summed E-state index contributed by atoms with van der Waals surface area (Å²) in [5, 5.41) is 0. The molecule has 0 bridgehead atoms. The molecule has 118 valence electrons. The highest BCUT2D eigenvalue weighted by Crippen LogP contribution is 2.22. The maximum atomic E-state index is 5.84. The van der Waals surface area contributed by atoms with Gasteiger partial charge in [0.05, 0.1) is 5.69 Å². The van der Waals surface area contributed by atoms with Crippen molar-refractivity contribution in [1.82, 2.24) is 14.5 Å². The zero-order valence-corrected chi connectivity index (χ0v) is 13.4. The third-order valence-electron chi connectivity index (χ3n) is 3.97. The van der Waals surface area contributed by atoms with E-state index < -0.39 is 0 Å². The molecule has 0 saturated carbocycles. The highest BCUT2D eigenvalue weighted by atomic mass is 16.5. The molecule has 2 aromatic heterocycles. The standard InChI is InChI=1S/C20H17N3O/c1-15-7-5-6-10-18(15)23-14-21-17-11-12-19(22-20(17)23)24-13-16-8-3-2-4-9-16/h2-12,14H,13H2,1H3. The Kier molecular flexibility index (Phi) is 3.71. The zero-order valence-electron chi connectivity index (χ0n) is 13.4. The van der Waals surface area contributed by atoms with Gasteiger partial charge in [0, 0.05) is 6.07 Å². The molecule has 24 heavy (non-hydrogen) atoms. The second-order valence-electron chi connectivity index (χ2n) is 5.67. The molecule has 0 fully saturated rings. The molecule has 4 heteroatoms. The first-order valence-corrected chi connectivity index (χ1v) is 7.88. The van der Waals surface area contributed by atoms with Crippen LogP contribution in [0, 0.1) is 6.92 Å². The van der Waals surface area contributed by atoms with E-state index in [1.807, 2.05) is 59.2 Å². The number of para-hydroxylation sites is 1. The number of aromatic nitrogens is 3. The molecular weight excluding hydrogens is 298 g/mol. The maximum absolute atomic E-state index is 5.84. The van der Waals surface area contributed by atoms with Gasteiger partial charge >= 0.3 is 0 Å². The van der Waals surface area contributed by atoms with Crippen LogP contribution < -0.4 is 4.74 Å². The number of fused-ring (bicyclic) bond motifs is 1. The summed E-state index contributed by atoms with van der Waals surface area (Å²) in [4.78, 5) is 9.09.